The van der Waals surface area contributed by atoms with Gasteiger partial charge in [0.25, 0.3) is 0 Å². The Morgan fingerprint density at radius 2 is 1.59 bits per heavy atom. The van der Waals surface area contributed by atoms with Gasteiger partial charge in [0, 0.05) is 19.3 Å². The summed E-state index contributed by atoms with van der Waals surface area (Å²) < 4.78 is 10.3. The summed E-state index contributed by atoms with van der Waals surface area (Å²) in [6.07, 6.45) is 2.22. The number of nitrogens with one attached hydrogen (secondary N) is 1. The van der Waals surface area contributed by atoms with E-state index in [1.165, 1.54) is 6.42 Å². The van der Waals surface area contributed by atoms with Crippen LogP contribution in [-0.4, -0.2) is 39.0 Å². The van der Waals surface area contributed by atoms with E-state index in [1.807, 2.05) is 0 Å². The molecule has 17 heavy (non-hydrogen) atoms. The molecule has 0 fully saturated rings. The smallest absolute Gasteiger partial charge is 0.0700 e. The molecule has 0 aliphatic heterocycles. The van der Waals surface area contributed by atoms with E-state index in [0.29, 0.717) is 18.6 Å². The van der Waals surface area contributed by atoms with Crippen LogP contribution in [0.5, 0.6) is 0 Å². The zero-order valence-electron chi connectivity index (χ0n) is 12.6. The highest BCUT2D eigenvalue weighted by Gasteiger charge is 2.24. The Labute approximate surface area is 107 Å². The zero-order valence-corrected chi connectivity index (χ0v) is 12.6. The van der Waals surface area contributed by atoms with Crippen molar-refractivity contribution in [2.45, 2.75) is 53.0 Å². The van der Waals surface area contributed by atoms with Gasteiger partial charge in [-0.3, -0.25) is 0 Å². The van der Waals surface area contributed by atoms with E-state index in [9.17, 15) is 0 Å². The minimum Gasteiger partial charge on any atom is -0.382 e. The molecule has 0 radical (unpaired) electrons. The number of ether oxygens (including phenoxy) is 2. The summed E-state index contributed by atoms with van der Waals surface area (Å²) in [5.41, 5.74) is 0.566. The molecule has 0 atom stereocenters. The minimum atomic E-state index is 0.199. The SMILES string of the molecule is COCCOCCCNC(C)(C)CC(C)(C)C. The summed E-state index contributed by atoms with van der Waals surface area (Å²) in [5.74, 6) is 0. The molecule has 0 rings (SSSR count). The summed E-state index contributed by atoms with van der Waals surface area (Å²) >= 11 is 0. The highest BCUT2D eigenvalue weighted by Crippen LogP contribution is 2.26. The van der Waals surface area contributed by atoms with Crippen LogP contribution >= 0.6 is 0 Å². The van der Waals surface area contributed by atoms with Crippen LogP contribution in [0.3, 0.4) is 0 Å². The largest absolute Gasteiger partial charge is 0.382 e. The molecule has 0 aliphatic rings. The Hall–Kier alpha value is -0.120. The Balaban J connectivity index is 3.52. The highest BCUT2D eigenvalue weighted by atomic mass is 16.5. The summed E-state index contributed by atoms with van der Waals surface area (Å²) in [4.78, 5) is 0. The maximum absolute atomic E-state index is 5.42. The first-order valence-electron chi connectivity index (χ1n) is 6.58. The van der Waals surface area contributed by atoms with Gasteiger partial charge in [-0.05, 0) is 38.6 Å². The van der Waals surface area contributed by atoms with Crippen molar-refractivity contribution in [3.8, 4) is 0 Å². The van der Waals surface area contributed by atoms with Gasteiger partial charge in [0.05, 0.1) is 13.2 Å². The molecule has 0 aromatic carbocycles. The first-order valence-corrected chi connectivity index (χ1v) is 6.58. The van der Waals surface area contributed by atoms with E-state index in [-0.39, 0.29) is 5.54 Å². The Morgan fingerprint density at radius 3 is 2.12 bits per heavy atom. The molecule has 0 bridgehead atoms. The molecule has 1 N–H and O–H groups in total. The van der Waals surface area contributed by atoms with Crippen molar-refractivity contribution in [2.24, 2.45) is 5.41 Å². The van der Waals surface area contributed by atoms with Crippen LogP contribution in [-0.2, 0) is 9.47 Å². The predicted molar refractivity (Wildman–Crippen MR) is 73.5 cm³/mol. The van der Waals surface area contributed by atoms with Crippen molar-refractivity contribution in [3.05, 3.63) is 0 Å². The third-order valence-corrected chi connectivity index (χ3v) is 2.47. The topological polar surface area (TPSA) is 30.5 Å². The lowest BCUT2D eigenvalue weighted by atomic mass is 9.82. The third kappa shape index (κ3) is 12.1. The van der Waals surface area contributed by atoms with Gasteiger partial charge in [-0.15, -0.1) is 0 Å². The second kappa shape index (κ2) is 8.06. The monoisotopic (exact) mass is 245 g/mol. The molecule has 3 heteroatoms. The molecule has 0 aromatic heterocycles. The molecule has 104 valence electrons. The van der Waals surface area contributed by atoms with Crippen LogP contribution in [0, 0.1) is 5.41 Å². The van der Waals surface area contributed by atoms with Gasteiger partial charge < -0.3 is 14.8 Å². The Bertz CT molecular complexity index is 185. The second-order valence-electron chi connectivity index (χ2n) is 6.51. The fraction of sp³-hybridized carbons (Fsp3) is 1.00. The maximum atomic E-state index is 5.42. The third-order valence-electron chi connectivity index (χ3n) is 2.47. The molecule has 0 spiro atoms. The van der Waals surface area contributed by atoms with E-state index in [1.54, 1.807) is 7.11 Å². The number of methoxy groups -OCH3 is 1. The summed E-state index contributed by atoms with van der Waals surface area (Å²) in [6, 6.07) is 0. The fourth-order valence-electron chi connectivity index (χ4n) is 2.23. The van der Waals surface area contributed by atoms with Crippen LogP contribution in [0.1, 0.15) is 47.5 Å². The van der Waals surface area contributed by atoms with Gasteiger partial charge >= 0.3 is 0 Å². The molecule has 0 aliphatic carbocycles. The standard InChI is InChI=1S/C14H31NO2/c1-13(2,3)12-14(4,5)15-8-7-9-17-11-10-16-6/h15H,7-12H2,1-6H3. The Morgan fingerprint density at radius 1 is 0.941 bits per heavy atom. The lowest BCUT2D eigenvalue weighted by molar-refractivity contribution is 0.0685. The number of rotatable bonds is 9. The van der Waals surface area contributed by atoms with Crippen LogP contribution in [0.4, 0.5) is 0 Å². The van der Waals surface area contributed by atoms with Crippen LogP contribution in [0.2, 0.25) is 0 Å². The first-order chi connectivity index (χ1) is 7.77. The molecule has 3 nitrogen and oxygen atoms in total. The zero-order chi connectivity index (χ0) is 13.4. The molecule has 0 heterocycles. The van der Waals surface area contributed by atoms with Crippen LogP contribution in [0.15, 0.2) is 0 Å². The van der Waals surface area contributed by atoms with E-state index in [2.05, 4.69) is 39.9 Å². The second-order valence-corrected chi connectivity index (χ2v) is 6.51. The molecule has 0 aromatic rings. The highest BCUT2D eigenvalue weighted by molar-refractivity contribution is 4.82. The lowest BCUT2D eigenvalue weighted by Crippen LogP contribution is -2.43. The number of hydrogen-bond acceptors (Lipinski definition) is 3. The van der Waals surface area contributed by atoms with E-state index < -0.39 is 0 Å². The van der Waals surface area contributed by atoms with Crippen LogP contribution < -0.4 is 5.32 Å². The van der Waals surface area contributed by atoms with Crippen molar-refractivity contribution >= 4 is 0 Å². The predicted octanol–water partition coefficient (Wildman–Crippen LogP) is 2.84. The summed E-state index contributed by atoms with van der Waals surface area (Å²) in [5, 5.41) is 3.60. The molecule has 0 amide bonds. The Kier molecular flexibility index (Phi) is 8.01. The lowest BCUT2D eigenvalue weighted by Gasteiger charge is -2.33. The first kappa shape index (κ1) is 16.9. The van der Waals surface area contributed by atoms with Gasteiger partial charge in [-0.1, -0.05) is 20.8 Å². The van der Waals surface area contributed by atoms with Gasteiger partial charge in [0.15, 0.2) is 0 Å². The number of hydrogen-bond donors (Lipinski definition) is 1. The minimum absolute atomic E-state index is 0.199. The summed E-state index contributed by atoms with van der Waals surface area (Å²) in [7, 11) is 1.69. The van der Waals surface area contributed by atoms with Crippen molar-refractivity contribution in [1.29, 1.82) is 0 Å². The normalized spacial score (nSPS) is 13.1. The van der Waals surface area contributed by atoms with Gasteiger partial charge in [0.2, 0.25) is 0 Å². The van der Waals surface area contributed by atoms with Gasteiger partial charge in [0.1, 0.15) is 0 Å². The molecule has 0 saturated heterocycles. The summed E-state index contributed by atoms with van der Waals surface area (Å²) in [6.45, 7) is 14.6. The maximum Gasteiger partial charge on any atom is 0.0700 e. The quantitative estimate of drug-likeness (QED) is 0.634. The molecule has 0 unspecified atom stereocenters. The van der Waals surface area contributed by atoms with Gasteiger partial charge in [-0.2, -0.15) is 0 Å². The van der Waals surface area contributed by atoms with E-state index in [0.717, 1.165) is 19.6 Å². The average molecular weight is 245 g/mol. The van der Waals surface area contributed by atoms with E-state index >= 15 is 0 Å². The average Bonchev–Trinajstić information content (AvgIpc) is 2.12. The van der Waals surface area contributed by atoms with Crippen molar-refractivity contribution in [2.75, 3.05) is 33.5 Å². The van der Waals surface area contributed by atoms with Crippen molar-refractivity contribution < 1.29 is 9.47 Å². The molecular formula is C14H31NO2. The van der Waals surface area contributed by atoms with Crippen LogP contribution in [0.25, 0.3) is 0 Å². The van der Waals surface area contributed by atoms with Crippen molar-refractivity contribution in [1.82, 2.24) is 5.32 Å². The van der Waals surface area contributed by atoms with Gasteiger partial charge in [-0.25, -0.2) is 0 Å². The fourth-order valence-corrected chi connectivity index (χ4v) is 2.23. The van der Waals surface area contributed by atoms with E-state index in [4.69, 9.17) is 9.47 Å². The van der Waals surface area contributed by atoms with Crippen molar-refractivity contribution in [3.63, 3.8) is 0 Å². The molecule has 0 saturated carbocycles. The molecular weight excluding hydrogens is 214 g/mol.